The van der Waals surface area contributed by atoms with Gasteiger partial charge in [0.1, 0.15) is 12.7 Å². The van der Waals surface area contributed by atoms with E-state index in [0.717, 1.165) is 89.9 Å². The lowest BCUT2D eigenvalue weighted by atomic mass is 10.1. The van der Waals surface area contributed by atoms with E-state index in [0.29, 0.717) is 32.1 Å². The lowest BCUT2D eigenvalue weighted by Gasteiger charge is -2.21. The maximum absolute atomic E-state index is 12.8. The summed E-state index contributed by atoms with van der Waals surface area (Å²) in [6.45, 7) is 4.17. The smallest absolute Gasteiger partial charge is 0.462 e. The molecule has 2 N–H and O–H groups in total. The number of esters is 3. The minimum atomic E-state index is -4.78. The van der Waals surface area contributed by atoms with Gasteiger partial charge in [-0.15, -0.1) is 0 Å². The quantitative estimate of drug-likeness (QED) is 0.0197. The van der Waals surface area contributed by atoms with Crippen molar-refractivity contribution in [2.75, 3.05) is 26.4 Å². The van der Waals surface area contributed by atoms with Gasteiger partial charge in [-0.05, 0) is 103 Å². The summed E-state index contributed by atoms with van der Waals surface area (Å²) < 4.78 is 39.1. The van der Waals surface area contributed by atoms with Gasteiger partial charge in [0.15, 0.2) is 6.10 Å². The van der Waals surface area contributed by atoms with E-state index in [4.69, 9.17) is 23.3 Å². The van der Waals surface area contributed by atoms with Gasteiger partial charge in [-0.1, -0.05) is 174 Å². The first kappa shape index (κ1) is 63.9. The number of aliphatic hydroxyl groups is 1. The van der Waals surface area contributed by atoms with E-state index < -0.39 is 64.4 Å². The van der Waals surface area contributed by atoms with Gasteiger partial charge in [-0.25, -0.2) is 4.57 Å². The Morgan fingerprint density at radius 1 is 0.426 bits per heavy atom. The molecule has 0 aromatic carbocycles. The zero-order valence-corrected chi connectivity index (χ0v) is 42.9. The fourth-order valence-corrected chi connectivity index (χ4v) is 6.81. The first-order valence-electron chi connectivity index (χ1n) is 25.4. The molecule has 0 aliphatic heterocycles. The SMILES string of the molecule is CC/C=C\C/C=C\C/C=C\C/C=C\C/C=C\CCCC(=O)OCC(COP(=O)(O)OCC(CO)OC(=O)CCCCCCC/C=C\CCCC)OC(=O)CC/C=C\C/C=C\C/C=C\C/C=C\CC. The number of hydrogen-bond acceptors (Lipinski definition) is 10. The Hall–Kier alpha value is -4.12. The number of phosphoric ester groups is 1. The summed E-state index contributed by atoms with van der Waals surface area (Å²) in [6.07, 6.45) is 59.2. The van der Waals surface area contributed by atoms with Crippen LogP contribution in [0.5, 0.6) is 0 Å². The summed E-state index contributed by atoms with van der Waals surface area (Å²) in [4.78, 5) is 48.2. The van der Waals surface area contributed by atoms with E-state index in [2.05, 4.69) is 112 Å². The molecule has 0 saturated carbocycles. The molecule has 0 heterocycles. The fraction of sp³-hybridized carbons (Fsp3) is 0.589. The summed E-state index contributed by atoms with van der Waals surface area (Å²) in [5.74, 6) is -1.66. The number of carbonyl (C=O) groups is 3. The van der Waals surface area contributed by atoms with Crippen LogP contribution in [-0.2, 0) is 42.2 Å². The zero-order valence-electron chi connectivity index (χ0n) is 42.0. The third kappa shape index (κ3) is 47.0. The minimum absolute atomic E-state index is 0.0273. The molecular formula is C56H89O11P. The molecule has 0 amide bonds. The van der Waals surface area contributed by atoms with Gasteiger partial charge in [0.25, 0.3) is 0 Å². The number of carbonyl (C=O) groups excluding carboxylic acids is 3. The van der Waals surface area contributed by atoms with Crippen LogP contribution < -0.4 is 0 Å². The maximum Gasteiger partial charge on any atom is 0.472 e. The van der Waals surface area contributed by atoms with E-state index >= 15 is 0 Å². The highest BCUT2D eigenvalue weighted by Gasteiger charge is 2.28. The standard InChI is InChI=1S/C56H89O11P/c1-4-7-10-13-16-19-22-24-25-26-27-29-31-33-36-39-42-45-54(58)63-49-53(67-56(60)47-44-41-38-35-32-28-23-20-17-14-11-8-5-2)51-65-68(61,62)64-50-52(48-57)66-55(59)46-43-40-37-34-30-21-18-15-12-9-6-3/h7-8,10-11,15-20,24-25,27-29,32-33,36,38,41,52-53,57H,4-6,9,12-14,21-23,26,30-31,34-35,37,39-40,42-51H2,1-3H3,(H,61,62)/b10-7-,11-8-,18-15-,19-16-,20-17-,25-24-,29-27-,32-28-,36-33-,41-38-. The molecule has 3 unspecified atom stereocenters. The molecule has 3 atom stereocenters. The van der Waals surface area contributed by atoms with Crippen LogP contribution in [0.4, 0.5) is 0 Å². The first-order valence-corrected chi connectivity index (χ1v) is 26.9. The Labute approximate surface area is 411 Å². The molecule has 0 saturated heterocycles. The Morgan fingerprint density at radius 3 is 1.32 bits per heavy atom. The Balaban J connectivity index is 4.94. The van der Waals surface area contributed by atoms with E-state index in [1.807, 2.05) is 30.4 Å². The molecular weight excluding hydrogens is 880 g/mol. The third-order valence-corrected chi connectivity index (χ3v) is 10.8. The number of allylic oxidation sites excluding steroid dienone is 20. The zero-order chi connectivity index (χ0) is 49.9. The predicted octanol–water partition coefficient (Wildman–Crippen LogP) is 14.5. The highest BCUT2D eigenvalue weighted by atomic mass is 31.2. The van der Waals surface area contributed by atoms with Crippen LogP contribution in [0, 0.1) is 0 Å². The van der Waals surface area contributed by atoms with Crippen LogP contribution in [0.25, 0.3) is 0 Å². The molecule has 384 valence electrons. The summed E-state index contributed by atoms with van der Waals surface area (Å²) in [5.41, 5.74) is 0. The molecule has 0 aliphatic rings. The van der Waals surface area contributed by atoms with Crippen LogP contribution in [0.2, 0.25) is 0 Å². The van der Waals surface area contributed by atoms with Gasteiger partial charge in [-0.3, -0.25) is 23.4 Å². The van der Waals surface area contributed by atoms with Gasteiger partial charge in [0, 0.05) is 19.3 Å². The summed E-state index contributed by atoms with van der Waals surface area (Å²) in [7, 11) is -4.78. The third-order valence-electron chi connectivity index (χ3n) is 9.86. The van der Waals surface area contributed by atoms with E-state index in [9.17, 15) is 28.9 Å². The molecule has 0 aliphatic carbocycles. The van der Waals surface area contributed by atoms with Crippen molar-refractivity contribution >= 4 is 25.7 Å². The number of unbranched alkanes of at least 4 members (excludes halogenated alkanes) is 8. The van der Waals surface area contributed by atoms with Crippen molar-refractivity contribution in [1.82, 2.24) is 0 Å². The normalized spacial score (nSPS) is 14.5. The molecule has 0 spiro atoms. The Bertz CT molecular complexity index is 1600. The van der Waals surface area contributed by atoms with Crippen molar-refractivity contribution < 1.29 is 52.2 Å². The average Bonchev–Trinajstić information content (AvgIpc) is 3.32. The van der Waals surface area contributed by atoms with Crippen LogP contribution in [0.1, 0.15) is 175 Å². The van der Waals surface area contributed by atoms with Crippen molar-refractivity contribution in [3.05, 3.63) is 122 Å². The van der Waals surface area contributed by atoms with Crippen molar-refractivity contribution in [3.63, 3.8) is 0 Å². The highest BCUT2D eigenvalue weighted by Crippen LogP contribution is 2.43. The van der Waals surface area contributed by atoms with Gasteiger partial charge in [0.2, 0.25) is 0 Å². The molecule has 0 radical (unpaired) electrons. The molecule has 0 fully saturated rings. The molecule has 11 nitrogen and oxygen atoms in total. The predicted molar refractivity (Wildman–Crippen MR) is 279 cm³/mol. The molecule has 0 rings (SSSR count). The van der Waals surface area contributed by atoms with Crippen LogP contribution in [0.3, 0.4) is 0 Å². The van der Waals surface area contributed by atoms with Crippen molar-refractivity contribution in [2.45, 2.75) is 187 Å². The second kappa shape index (κ2) is 49.3. The van der Waals surface area contributed by atoms with E-state index in [1.165, 1.54) is 12.8 Å². The summed E-state index contributed by atoms with van der Waals surface area (Å²) in [6, 6.07) is 0. The lowest BCUT2D eigenvalue weighted by Crippen LogP contribution is -2.30. The van der Waals surface area contributed by atoms with Gasteiger partial charge >= 0.3 is 25.7 Å². The molecule has 0 aromatic rings. The number of hydrogen-bond donors (Lipinski definition) is 2. The van der Waals surface area contributed by atoms with E-state index in [1.54, 1.807) is 0 Å². The monoisotopic (exact) mass is 969 g/mol. The number of ether oxygens (including phenoxy) is 3. The maximum atomic E-state index is 12.8. The first-order chi connectivity index (χ1) is 33.2. The Kier molecular flexibility index (Phi) is 46.3. The highest BCUT2D eigenvalue weighted by molar-refractivity contribution is 7.47. The van der Waals surface area contributed by atoms with Gasteiger partial charge in [0.05, 0.1) is 19.8 Å². The minimum Gasteiger partial charge on any atom is -0.462 e. The van der Waals surface area contributed by atoms with Crippen LogP contribution >= 0.6 is 7.82 Å². The van der Waals surface area contributed by atoms with Gasteiger partial charge in [-0.2, -0.15) is 0 Å². The van der Waals surface area contributed by atoms with Gasteiger partial charge < -0.3 is 24.2 Å². The molecule has 0 aromatic heterocycles. The molecule has 0 bridgehead atoms. The number of rotatable bonds is 45. The van der Waals surface area contributed by atoms with Crippen LogP contribution in [0.15, 0.2) is 122 Å². The number of phosphoric acid groups is 1. The van der Waals surface area contributed by atoms with E-state index in [-0.39, 0.29) is 19.3 Å². The molecule has 12 heteroatoms. The summed E-state index contributed by atoms with van der Waals surface area (Å²) in [5, 5.41) is 9.75. The Morgan fingerprint density at radius 2 is 0.809 bits per heavy atom. The largest absolute Gasteiger partial charge is 0.472 e. The number of aliphatic hydroxyl groups excluding tert-OH is 1. The average molecular weight is 969 g/mol. The van der Waals surface area contributed by atoms with Crippen LogP contribution in [-0.4, -0.2) is 66.5 Å². The second-order valence-corrected chi connectivity index (χ2v) is 17.7. The molecule has 68 heavy (non-hydrogen) atoms. The topological polar surface area (TPSA) is 155 Å². The lowest BCUT2D eigenvalue weighted by molar-refractivity contribution is -0.161. The second-order valence-electron chi connectivity index (χ2n) is 16.2. The van der Waals surface area contributed by atoms with Crippen molar-refractivity contribution in [2.24, 2.45) is 0 Å². The van der Waals surface area contributed by atoms with Crippen molar-refractivity contribution in [3.8, 4) is 0 Å². The fourth-order valence-electron chi connectivity index (χ4n) is 6.03. The van der Waals surface area contributed by atoms with Crippen molar-refractivity contribution in [1.29, 1.82) is 0 Å². The summed E-state index contributed by atoms with van der Waals surface area (Å²) >= 11 is 0.